The fourth-order valence-corrected chi connectivity index (χ4v) is 1.47. The first-order chi connectivity index (χ1) is 8.10. The van der Waals surface area contributed by atoms with Crippen LogP contribution in [0, 0.1) is 0 Å². The summed E-state index contributed by atoms with van der Waals surface area (Å²) in [7, 11) is 0. The van der Waals surface area contributed by atoms with E-state index in [1.807, 2.05) is 6.92 Å². The van der Waals surface area contributed by atoms with Gasteiger partial charge in [-0.3, -0.25) is 0 Å². The van der Waals surface area contributed by atoms with Crippen molar-refractivity contribution < 1.29 is 14.4 Å². The van der Waals surface area contributed by atoms with Gasteiger partial charge < -0.3 is 20.1 Å². The zero-order valence-corrected chi connectivity index (χ0v) is 10.6. The summed E-state index contributed by atoms with van der Waals surface area (Å²) in [6.45, 7) is 6.16. The molecule has 3 atom stereocenters. The molecule has 0 spiro atoms. The summed E-state index contributed by atoms with van der Waals surface area (Å²) in [6, 6.07) is -0.653. The highest BCUT2D eigenvalue weighted by Gasteiger charge is 2.23. The van der Waals surface area contributed by atoms with E-state index >= 15 is 0 Å². The average molecular weight is 243 g/mol. The van der Waals surface area contributed by atoms with Crippen LogP contribution in [0.25, 0.3) is 0 Å². The minimum atomic E-state index is -0.722. The molecule has 0 bridgehead atoms. The first-order valence-corrected chi connectivity index (χ1v) is 5.98. The highest BCUT2D eigenvalue weighted by molar-refractivity contribution is 4.96. The molecule has 3 N–H and O–H groups in total. The Labute approximate surface area is 101 Å². The summed E-state index contributed by atoms with van der Waals surface area (Å²) in [6.07, 6.45) is 0.914. The van der Waals surface area contributed by atoms with Gasteiger partial charge in [-0.2, -0.15) is 4.98 Å². The van der Waals surface area contributed by atoms with Gasteiger partial charge in [-0.1, -0.05) is 18.5 Å². The van der Waals surface area contributed by atoms with Gasteiger partial charge in [-0.15, -0.1) is 0 Å². The Bertz CT molecular complexity index is 322. The third-order valence-electron chi connectivity index (χ3n) is 2.47. The molecular weight excluding hydrogens is 222 g/mol. The molecule has 0 aromatic carbocycles. The zero-order valence-electron chi connectivity index (χ0n) is 10.6. The minimum absolute atomic E-state index is 0.163. The molecule has 0 amide bonds. The van der Waals surface area contributed by atoms with Crippen LogP contribution in [0.5, 0.6) is 0 Å². The van der Waals surface area contributed by atoms with Gasteiger partial charge in [0, 0.05) is 6.61 Å². The molecule has 1 aromatic rings. The fourth-order valence-electron chi connectivity index (χ4n) is 1.47. The Morgan fingerprint density at radius 2 is 2.18 bits per heavy atom. The van der Waals surface area contributed by atoms with Gasteiger partial charge in [0.15, 0.2) is 0 Å². The van der Waals surface area contributed by atoms with Gasteiger partial charge in [0.1, 0.15) is 12.1 Å². The molecule has 17 heavy (non-hydrogen) atoms. The quantitative estimate of drug-likeness (QED) is 0.750. The van der Waals surface area contributed by atoms with E-state index in [0.29, 0.717) is 12.4 Å². The highest BCUT2D eigenvalue weighted by atomic mass is 16.5. The van der Waals surface area contributed by atoms with Crippen LogP contribution >= 0.6 is 0 Å². The number of hydrogen-bond donors (Lipinski definition) is 2. The Kier molecular flexibility index (Phi) is 5.54. The van der Waals surface area contributed by atoms with Crippen molar-refractivity contribution in [3.63, 3.8) is 0 Å². The van der Waals surface area contributed by atoms with E-state index in [0.717, 1.165) is 12.8 Å². The largest absolute Gasteiger partial charge is 0.391 e. The summed E-state index contributed by atoms with van der Waals surface area (Å²) >= 11 is 0. The number of rotatable bonds is 7. The van der Waals surface area contributed by atoms with Crippen LogP contribution in [-0.2, 0) is 4.74 Å². The molecule has 0 aliphatic rings. The van der Waals surface area contributed by atoms with E-state index in [2.05, 4.69) is 17.1 Å². The molecule has 1 unspecified atom stereocenters. The molecule has 0 saturated carbocycles. The summed E-state index contributed by atoms with van der Waals surface area (Å²) in [4.78, 5) is 4.18. The van der Waals surface area contributed by atoms with Crippen LogP contribution in [0.2, 0.25) is 0 Å². The lowest BCUT2D eigenvalue weighted by atomic mass is 10.2. The predicted octanol–water partition coefficient (Wildman–Crippen LogP) is 1.33. The van der Waals surface area contributed by atoms with E-state index in [-0.39, 0.29) is 12.0 Å². The fraction of sp³-hybridized carbons (Fsp3) is 0.818. The van der Waals surface area contributed by atoms with E-state index in [9.17, 15) is 5.11 Å². The Morgan fingerprint density at radius 3 is 2.71 bits per heavy atom. The van der Waals surface area contributed by atoms with Crippen LogP contribution < -0.4 is 5.73 Å². The predicted molar refractivity (Wildman–Crippen MR) is 62.2 cm³/mol. The van der Waals surface area contributed by atoms with Crippen molar-refractivity contribution in [1.29, 1.82) is 0 Å². The van der Waals surface area contributed by atoms with Gasteiger partial charge in [-0.25, -0.2) is 0 Å². The molecule has 0 fully saturated rings. The Morgan fingerprint density at radius 1 is 1.47 bits per heavy atom. The second-order valence-corrected chi connectivity index (χ2v) is 3.99. The van der Waals surface area contributed by atoms with Gasteiger partial charge in [0.25, 0.3) is 0 Å². The van der Waals surface area contributed by atoms with E-state index in [1.165, 1.54) is 0 Å². The maximum Gasteiger partial charge on any atom is 0.246 e. The van der Waals surface area contributed by atoms with Crippen LogP contribution in [-0.4, -0.2) is 28.0 Å². The molecule has 0 aliphatic carbocycles. The molecule has 6 heteroatoms. The van der Waals surface area contributed by atoms with E-state index < -0.39 is 12.1 Å². The first kappa shape index (κ1) is 14.1. The molecule has 0 radical (unpaired) electrons. The molecule has 1 aromatic heterocycles. The zero-order chi connectivity index (χ0) is 12.8. The lowest BCUT2D eigenvalue weighted by molar-refractivity contribution is 0.0477. The molecule has 1 heterocycles. The molecule has 0 aliphatic heterocycles. The van der Waals surface area contributed by atoms with Crippen LogP contribution in [0.1, 0.15) is 57.5 Å². The number of aliphatic hydroxyl groups excluding tert-OH is 1. The lowest BCUT2D eigenvalue weighted by Gasteiger charge is -2.11. The van der Waals surface area contributed by atoms with Crippen LogP contribution in [0.3, 0.4) is 0 Å². The Balaban J connectivity index is 2.76. The summed E-state index contributed by atoms with van der Waals surface area (Å²) < 4.78 is 10.6. The smallest absolute Gasteiger partial charge is 0.246 e. The molecular formula is C11H21N3O3. The maximum absolute atomic E-state index is 9.34. The third-order valence-corrected chi connectivity index (χ3v) is 2.47. The second-order valence-electron chi connectivity index (χ2n) is 3.99. The van der Waals surface area contributed by atoms with Gasteiger partial charge >= 0.3 is 0 Å². The topological polar surface area (TPSA) is 94.4 Å². The summed E-state index contributed by atoms with van der Waals surface area (Å²) in [5.41, 5.74) is 5.71. The van der Waals surface area contributed by atoms with Crippen molar-refractivity contribution in [3.8, 4) is 0 Å². The van der Waals surface area contributed by atoms with Crippen molar-refractivity contribution in [1.82, 2.24) is 10.1 Å². The molecule has 98 valence electrons. The lowest BCUT2D eigenvalue weighted by Crippen LogP contribution is -2.23. The number of nitrogens with two attached hydrogens (primary N) is 1. The summed E-state index contributed by atoms with van der Waals surface area (Å²) in [5, 5.41) is 13.2. The third kappa shape index (κ3) is 3.76. The highest BCUT2D eigenvalue weighted by Crippen LogP contribution is 2.21. The standard InChI is InChI=1S/C11H21N3O3/c1-4-6-8(16-5-2)10-13-11(17-14-10)9(12)7(3)15/h7-9,15H,4-6,12H2,1-3H3/t7-,8?,9+/m1/s1. The van der Waals surface area contributed by atoms with Crippen LogP contribution in [0.4, 0.5) is 0 Å². The van der Waals surface area contributed by atoms with Gasteiger partial charge in [0.05, 0.1) is 6.10 Å². The van der Waals surface area contributed by atoms with E-state index in [4.69, 9.17) is 15.0 Å². The minimum Gasteiger partial charge on any atom is -0.391 e. The first-order valence-electron chi connectivity index (χ1n) is 5.98. The maximum atomic E-state index is 9.34. The number of aliphatic hydroxyl groups is 1. The van der Waals surface area contributed by atoms with E-state index in [1.54, 1.807) is 6.92 Å². The van der Waals surface area contributed by atoms with Crippen molar-refractivity contribution in [2.45, 2.75) is 51.9 Å². The summed E-state index contributed by atoms with van der Waals surface area (Å²) in [5.74, 6) is 0.746. The normalized spacial score (nSPS) is 16.8. The SMILES string of the molecule is CCCC(OCC)c1noc([C@@H](N)[C@@H](C)O)n1. The number of ether oxygens (including phenoxy) is 1. The molecule has 0 saturated heterocycles. The van der Waals surface area contributed by atoms with Gasteiger partial charge in [-0.05, 0) is 20.3 Å². The van der Waals surface area contributed by atoms with Crippen molar-refractivity contribution in [3.05, 3.63) is 11.7 Å². The number of aromatic nitrogens is 2. The van der Waals surface area contributed by atoms with Gasteiger partial charge in [0.2, 0.25) is 11.7 Å². The monoisotopic (exact) mass is 243 g/mol. The second kappa shape index (κ2) is 6.68. The van der Waals surface area contributed by atoms with Crippen LogP contribution in [0.15, 0.2) is 4.52 Å². The average Bonchev–Trinajstić information content (AvgIpc) is 2.76. The van der Waals surface area contributed by atoms with Crippen molar-refractivity contribution >= 4 is 0 Å². The molecule has 1 rings (SSSR count). The number of hydrogen-bond acceptors (Lipinski definition) is 6. The van der Waals surface area contributed by atoms with Crippen molar-refractivity contribution in [2.75, 3.05) is 6.61 Å². The Hall–Kier alpha value is -0.980. The van der Waals surface area contributed by atoms with Crippen molar-refractivity contribution in [2.24, 2.45) is 5.73 Å². The number of nitrogens with zero attached hydrogens (tertiary/aromatic N) is 2. The molecule has 6 nitrogen and oxygen atoms in total.